The first-order valence-corrected chi connectivity index (χ1v) is 17.7. The molecule has 1 saturated carbocycles. The van der Waals surface area contributed by atoms with Gasteiger partial charge in [-0.3, -0.25) is 14.4 Å². The average Bonchev–Trinajstić information content (AvgIpc) is 3.63. The van der Waals surface area contributed by atoms with Gasteiger partial charge in [-0.25, -0.2) is 0 Å². The molecule has 4 aromatic carbocycles. The van der Waals surface area contributed by atoms with Crippen molar-refractivity contribution in [1.82, 2.24) is 5.32 Å². The van der Waals surface area contributed by atoms with Crippen molar-refractivity contribution in [2.45, 2.75) is 57.3 Å². The van der Waals surface area contributed by atoms with Crippen LogP contribution in [0.1, 0.15) is 49.7 Å². The topological polar surface area (TPSA) is 95.7 Å². The van der Waals surface area contributed by atoms with Gasteiger partial charge in [-0.05, 0) is 77.9 Å². The fourth-order valence-electron chi connectivity index (χ4n) is 7.59. The van der Waals surface area contributed by atoms with Crippen LogP contribution in [0.2, 0.25) is 0 Å². The lowest BCUT2D eigenvalue weighted by Gasteiger charge is -2.30. The lowest BCUT2D eigenvalue weighted by atomic mass is 9.80. The van der Waals surface area contributed by atoms with Crippen molar-refractivity contribution >= 4 is 34.8 Å². The van der Waals surface area contributed by atoms with Gasteiger partial charge in [-0.2, -0.15) is 13.2 Å². The lowest BCUT2D eigenvalue weighted by molar-refractivity contribution is -0.137. The lowest BCUT2D eigenvalue weighted by Crippen LogP contribution is -2.54. The number of amides is 3. The number of benzene rings is 4. The van der Waals surface area contributed by atoms with Gasteiger partial charge < -0.3 is 20.9 Å². The van der Waals surface area contributed by atoms with Crippen molar-refractivity contribution in [2.24, 2.45) is 23.5 Å². The van der Waals surface area contributed by atoms with Gasteiger partial charge in [0.05, 0.1) is 41.9 Å². The van der Waals surface area contributed by atoms with Crippen LogP contribution < -0.4 is 20.9 Å². The third kappa shape index (κ3) is 8.22. The Bertz CT molecular complexity index is 1890. The predicted octanol–water partition coefficient (Wildman–Crippen LogP) is 8.42. The maximum atomic E-state index is 14.8. The van der Waals surface area contributed by atoms with Gasteiger partial charge in [0.1, 0.15) is 6.04 Å². The molecule has 1 heterocycles. The molecule has 0 bridgehead atoms. The van der Waals surface area contributed by atoms with E-state index < -0.39 is 35.5 Å². The highest BCUT2D eigenvalue weighted by Crippen LogP contribution is 2.39. The summed E-state index contributed by atoms with van der Waals surface area (Å²) in [5, 5.41) is 3.08. The number of anilines is 3. The number of alkyl halides is 3. The van der Waals surface area contributed by atoms with Crippen LogP contribution in [0.4, 0.5) is 30.2 Å². The third-order valence-corrected chi connectivity index (χ3v) is 10.3. The summed E-state index contributed by atoms with van der Waals surface area (Å²) in [6, 6.07) is 28.5. The monoisotopic (exact) mass is 708 g/mol. The van der Waals surface area contributed by atoms with Crippen LogP contribution in [-0.2, 0) is 27.1 Å². The Balaban J connectivity index is 1.36. The predicted molar refractivity (Wildman–Crippen MR) is 197 cm³/mol. The highest BCUT2D eigenvalue weighted by atomic mass is 19.4. The van der Waals surface area contributed by atoms with Gasteiger partial charge in [0, 0.05) is 5.69 Å². The molecule has 1 aliphatic heterocycles. The van der Waals surface area contributed by atoms with E-state index >= 15 is 0 Å². The summed E-state index contributed by atoms with van der Waals surface area (Å²) < 4.78 is 39.7. The number of allylic oxidation sites excluding steroid dienone is 1. The van der Waals surface area contributed by atoms with Gasteiger partial charge >= 0.3 is 6.18 Å². The molecule has 0 saturated heterocycles. The smallest absolute Gasteiger partial charge is 0.369 e. The van der Waals surface area contributed by atoms with Crippen LogP contribution >= 0.6 is 0 Å². The molecule has 10 heteroatoms. The maximum absolute atomic E-state index is 14.8. The number of nitrogens with one attached hydrogen (secondary N) is 1. The molecule has 3 atom stereocenters. The molecule has 52 heavy (non-hydrogen) atoms. The quantitative estimate of drug-likeness (QED) is 0.145. The van der Waals surface area contributed by atoms with Crippen molar-refractivity contribution in [3.05, 3.63) is 127 Å². The van der Waals surface area contributed by atoms with E-state index in [0.29, 0.717) is 23.2 Å². The molecule has 2 aliphatic rings. The number of nitrogens with two attached hydrogens (primary N) is 1. The first-order valence-electron chi connectivity index (χ1n) is 17.7. The SMILES string of the molecule is C=CC[C@H](C(N)=O)[C@@H](CC1CCCC1)C(=O)NC1CN(c2ccccc2)c2ccccc2N(Cc2cccc(-c3ccc(C(F)(F)F)cc3)c2)C1=O. The van der Waals surface area contributed by atoms with Crippen LogP contribution in [0.5, 0.6) is 0 Å². The molecule has 1 fully saturated rings. The summed E-state index contributed by atoms with van der Waals surface area (Å²) in [5.41, 5.74) is 9.42. The Labute approximate surface area is 302 Å². The highest BCUT2D eigenvalue weighted by molar-refractivity contribution is 6.04. The Morgan fingerprint density at radius 2 is 1.54 bits per heavy atom. The molecule has 3 N–H and O–H groups in total. The normalized spacial score (nSPS) is 17.6. The van der Waals surface area contributed by atoms with E-state index in [1.165, 1.54) is 12.1 Å². The molecule has 6 rings (SSSR count). The molecule has 7 nitrogen and oxygen atoms in total. The molecule has 3 amide bonds. The first-order chi connectivity index (χ1) is 25.0. The highest BCUT2D eigenvalue weighted by Gasteiger charge is 2.40. The zero-order chi connectivity index (χ0) is 36.8. The van der Waals surface area contributed by atoms with Gasteiger partial charge in [0.15, 0.2) is 0 Å². The van der Waals surface area contributed by atoms with Crippen molar-refractivity contribution in [1.29, 1.82) is 0 Å². The van der Waals surface area contributed by atoms with Gasteiger partial charge in [0.2, 0.25) is 11.8 Å². The zero-order valence-electron chi connectivity index (χ0n) is 28.9. The molecule has 270 valence electrons. The average molecular weight is 709 g/mol. The number of hydrogen-bond acceptors (Lipinski definition) is 4. The van der Waals surface area contributed by atoms with Gasteiger partial charge in [-0.1, -0.05) is 92.4 Å². The van der Waals surface area contributed by atoms with E-state index in [-0.39, 0.29) is 37.2 Å². The Morgan fingerprint density at radius 1 is 0.865 bits per heavy atom. The summed E-state index contributed by atoms with van der Waals surface area (Å²) in [6.07, 6.45) is 2.01. The van der Waals surface area contributed by atoms with E-state index in [9.17, 15) is 27.6 Å². The van der Waals surface area contributed by atoms with E-state index in [1.807, 2.05) is 83.8 Å². The molecule has 0 radical (unpaired) electrons. The standard InChI is InChI=1S/C42H43F3N4O3/c1-2-11-34(39(46)50)35(25-28-12-6-7-13-28)40(51)47-36-27-48(33-16-4-3-5-17-33)37-18-8-9-19-38(37)49(41(36)52)26-29-14-10-15-31(24-29)30-20-22-32(23-21-30)42(43,44)45/h2-5,8-10,14-24,28,34-36H,1,6-7,11-13,25-27H2,(H2,46,50)(H,47,51)/t34-,35+,36?/m0/s1. The molecule has 1 unspecified atom stereocenters. The van der Waals surface area contributed by atoms with Crippen molar-refractivity contribution in [2.75, 3.05) is 16.3 Å². The number of primary amides is 1. The summed E-state index contributed by atoms with van der Waals surface area (Å²) >= 11 is 0. The Morgan fingerprint density at radius 3 is 2.19 bits per heavy atom. The number of rotatable bonds is 12. The summed E-state index contributed by atoms with van der Waals surface area (Å²) in [6.45, 7) is 4.06. The minimum absolute atomic E-state index is 0.130. The second-order valence-corrected chi connectivity index (χ2v) is 13.7. The number of hydrogen-bond donors (Lipinski definition) is 2. The number of carbonyl (C=O) groups excluding carboxylic acids is 3. The number of nitrogens with zero attached hydrogens (tertiary/aromatic N) is 2. The molecule has 0 spiro atoms. The summed E-state index contributed by atoms with van der Waals surface area (Å²) in [4.78, 5) is 45.5. The second-order valence-electron chi connectivity index (χ2n) is 13.7. The molecule has 1 aliphatic carbocycles. The van der Waals surface area contributed by atoms with Gasteiger partial charge in [0.25, 0.3) is 5.91 Å². The summed E-state index contributed by atoms with van der Waals surface area (Å²) in [5.74, 6) is -2.50. The molecule has 0 aromatic heterocycles. The second kappa shape index (κ2) is 15.9. The van der Waals surface area contributed by atoms with E-state index in [2.05, 4.69) is 11.9 Å². The van der Waals surface area contributed by atoms with Crippen molar-refractivity contribution in [3.63, 3.8) is 0 Å². The van der Waals surface area contributed by atoms with Crippen LogP contribution in [0, 0.1) is 17.8 Å². The number of halogens is 3. The maximum Gasteiger partial charge on any atom is 0.416 e. The molecular formula is C42H43F3N4O3. The largest absolute Gasteiger partial charge is 0.416 e. The van der Waals surface area contributed by atoms with Crippen molar-refractivity contribution in [3.8, 4) is 11.1 Å². The van der Waals surface area contributed by atoms with E-state index in [4.69, 9.17) is 5.73 Å². The fourth-order valence-corrected chi connectivity index (χ4v) is 7.59. The van der Waals surface area contributed by atoms with Crippen LogP contribution in [0.15, 0.2) is 116 Å². The summed E-state index contributed by atoms with van der Waals surface area (Å²) in [7, 11) is 0. The van der Waals surface area contributed by atoms with Gasteiger partial charge in [-0.15, -0.1) is 6.58 Å². The Kier molecular flexibility index (Phi) is 11.1. The fraction of sp³-hybridized carbons (Fsp3) is 0.310. The molecule has 4 aromatic rings. The Hall–Kier alpha value is -5.38. The number of fused-ring (bicyclic) bond motifs is 1. The minimum atomic E-state index is -4.44. The zero-order valence-corrected chi connectivity index (χ0v) is 28.9. The van der Waals surface area contributed by atoms with Crippen molar-refractivity contribution < 1.29 is 27.6 Å². The number of carbonyl (C=O) groups is 3. The minimum Gasteiger partial charge on any atom is -0.369 e. The van der Waals surface area contributed by atoms with E-state index in [0.717, 1.165) is 54.8 Å². The molecular weight excluding hydrogens is 665 g/mol. The van der Waals surface area contributed by atoms with E-state index in [1.54, 1.807) is 11.0 Å². The number of para-hydroxylation sites is 3. The first kappa shape index (κ1) is 36.4. The van der Waals surface area contributed by atoms with Crippen LogP contribution in [0.3, 0.4) is 0 Å². The third-order valence-electron chi connectivity index (χ3n) is 10.3. The van der Waals surface area contributed by atoms with Crippen LogP contribution in [-0.4, -0.2) is 30.3 Å². The van der Waals surface area contributed by atoms with Crippen LogP contribution in [0.25, 0.3) is 11.1 Å².